The molecule has 2 nitrogen and oxygen atoms in total. The number of rotatable bonds is 0. The van der Waals surface area contributed by atoms with Crippen molar-refractivity contribution in [2.24, 2.45) is 0 Å². The Labute approximate surface area is 65.1 Å². The van der Waals surface area contributed by atoms with Gasteiger partial charge in [0.15, 0.2) is 0 Å². The predicted octanol–water partition coefficient (Wildman–Crippen LogP) is 2.26. The molecule has 0 atom stereocenters. The maximum Gasteiger partial charge on any atom is 0.0589 e. The van der Waals surface area contributed by atoms with E-state index in [1.54, 1.807) is 30.6 Å². The second-order valence-corrected chi connectivity index (χ2v) is 1.83. The van der Waals surface area contributed by atoms with Gasteiger partial charge in [-0.05, 0) is 12.1 Å². The number of nitrogens with zero attached hydrogens (tertiary/aromatic N) is 2. The van der Waals surface area contributed by atoms with Crippen molar-refractivity contribution >= 4 is 11.6 Å². The monoisotopic (exact) mass is 154 g/mol. The van der Waals surface area contributed by atoms with Gasteiger partial charge in [-0.15, -0.1) is 0 Å². The van der Waals surface area contributed by atoms with Gasteiger partial charge in [-0.25, -0.2) is 0 Å². The molecule has 0 aliphatic heterocycles. The van der Waals surface area contributed by atoms with E-state index in [-0.39, 0.29) is 0 Å². The van der Waals surface area contributed by atoms with Crippen LogP contribution in [0.15, 0.2) is 24.5 Å². The quantitative estimate of drug-likeness (QED) is 0.575. The molecular weight excluding hydrogens is 148 g/mol. The molecule has 0 saturated heterocycles. The smallest absolute Gasteiger partial charge is 0.0589 e. The number of hydrogen-bond acceptors (Lipinski definition) is 2. The molecule has 0 unspecified atom stereocenters. The summed E-state index contributed by atoms with van der Waals surface area (Å²) in [6, 6.07) is 5.33. The zero-order valence-electron chi connectivity index (χ0n) is 5.58. The molecule has 0 amide bonds. The third kappa shape index (κ3) is 5.07. The summed E-state index contributed by atoms with van der Waals surface area (Å²) in [7, 11) is 0. The van der Waals surface area contributed by atoms with Crippen LogP contribution in [0.3, 0.4) is 0 Å². The summed E-state index contributed by atoms with van der Waals surface area (Å²) in [5, 5.41) is 8.00. The largest absolute Gasteiger partial charge is 0.263 e. The molecule has 0 spiro atoms. The van der Waals surface area contributed by atoms with Crippen LogP contribution in [0, 0.1) is 11.3 Å². The van der Waals surface area contributed by atoms with Crippen molar-refractivity contribution in [3.8, 4) is 6.07 Å². The maximum absolute atomic E-state index is 7.32. The molecule has 0 aliphatic carbocycles. The Morgan fingerprint density at radius 1 is 1.70 bits per heavy atom. The highest BCUT2D eigenvalue weighted by molar-refractivity contribution is 6.30. The molecule has 52 valence electrons. The van der Waals surface area contributed by atoms with E-state index in [9.17, 15) is 0 Å². The Bertz CT molecular complexity index is 203. The molecule has 0 aromatic carbocycles. The lowest BCUT2D eigenvalue weighted by molar-refractivity contribution is 1.33. The first-order chi connectivity index (χ1) is 4.81. The van der Waals surface area contributed by atoms with E-state index in [4.69, 9.17) is 16.9 Å². The molecule has 0 radical (unpaired) electrons. The van der Waals surface area contributed by atoms with Crippen LogP contribution < -0.4 is 0 Å². The molecule has 1 aromatic heterocycles. The van der Waals surface area contributed by atoms with Crippen LogP contribution in [0.2, 0.25) is 5.02 Å². The normalized spacial score (nSPS) is 6.90. The minimum atomic E-state index is 0.683. The molecule has 0 fully saturated rings. The number of nitriles is 1. The second kappa shape index (κ2) is 6.06. The zero-order chi connectivity index (χ0) is 7.82. The summed E-state index contributed by atoms with van der Waals surface area (Å²) >= 11 is 5.48. The van der Waals surface area contributed by atoms with E-state index in [1.807, 2.05) is 0 Å². The Morgan fingerprint density at radius 2 is 2.30 bits per heavy atom. The Balaban J connectivity index is 0.000000236. The van der Waals surface area contributed by atoms with E-state index >= 15 is 0 Å². The Morgan fingerprint density at radius 3 is 2.50 bits per heavy atom. The SMILES string of the molecule is CC#N.Clc1cccnc1. The highest BCUT2D eigenvalue weighted by Gasteiger charge is 1.76. The first-order valence-corrected chi connectivity index (χ1v) is 3.05. The Kier molecular flexibility index (Phi) is 5.41. The lowest BCUT2D eigenvalue weighted by atomic mass is 10.5. The van der Waals surface area contributed by atoms with Gasteiger partial charge in [0, 0.05) is 19.3 Å². The van der Waals surface area contributed by atoms with Crippen LogP contribution >= 0.6 is 11.6 Å². The minimum Gasteiger partial charge on any atom is -0.263 e. The average Bonchev–Trinajstić information content (AvgIpc) is 1.91. The van der Waals surface area contributed by atoms with E-state index < -0.39 is 0 Å². The van der Waals surface area contributed by atoms with Gasteiger partial charge in [0.25, 0.3) is 0 Å². The van der Waals surface area contributed by atoms with Crippen LogP contribution in [-0.4, -0.2) is 4.98 Å². The predicted molar refractivity (Wildman–Crippen MR) is 40.5 cm³/mol. The van der Waals surface area contributed by atoms with Gasteiger partial charge in [0.1, 0.15) is 0 Å². The zero-order valence-corrected chi connectivity index (χ0v) is 6.34. The van der Waals surface area contributed by atoms with Gasteiger partial charge in [0.05, 0.1) is 11.1 Å². The van der Waals surface area contributed by atoms with Crippen molar-refractivity contribution in [1.82, 2.24) is 4.98 Å². The van der Waals surface area contributed by atoms with Crippen molar-refractivity contribution in [2.75, 3.05) is 0 Å². The molecule has 1 heterocycles. The van der Waals surface area contributed by atoms with Crippen LogP contribution in [0.25, 0.3) is 0 Å². The van der Waals surface area contributed by atoms with E-state index in [2.05, 4.69) is 4.98 Å². The fourth-order valence-electron chi connectivity index (χ4n) is 0.342. The lowest BCUT2D eigenvalue weighted by Gasteiger charge is -1.79. The van der Waals surface area contributed by atoms with Crippen LogP contribution in [0.1, 0.15) is 6.92 Å². The summed E-state index contributed by atoms with van der Waals surface area (Å²) < 4.78 is 0. The van der Waals surface area contributed by atoms with Gasteiger partial charge in [-0.2, -0.15) is 5.26 Å². The van der Waals surface area contributed by atoms with Crippen LogP contribution in [-0.2, 0) is 0 Å². The molecule has 0 N–H and O–H groups in total. The fourth-order valence-corrected chi connectivity index (χ4v) is 0.471. The van der Waals surface area contributed by atoms with E-state index in [0.29, 0.717) is 5.02 Å². The highest BCUT2D eigenvalue weighted by atomic mass is 35.5. The van der Waals surface area contributed by atoms with Gasteiger partial charge in [-0.1, -0.05) is 11.6 Å². The third-order valence-electron chi connectivity index (χ3n) is 0.625. The number of hydrogen-bond donors (Lipinski definition) is 0. The second-order valence-electron chi connectivity index (χ2n) is 1.39. The number of pyridine rings is 1. The van der Waals surface area contributed by atoms with Crippen molar-refractivity contribution in [2.45, 2.75) is 6.92 Å². The lowest BCUT2D eigenvalue weighted by Crippen LogP contribution is -1.64. The van der Waals surface area contributed by atoms with Crippen molar-refractivity contribution < 1.29 is 0 Å². The molecule has 1 aromatic rings. The molecule has 0 aliphatic rings. The number of halogens is 1. The average molecular weight is 155 g/mol. The molecule has 10 heavy (non-hydrogen) atoms. The maximum atomic E-state index is 7.32. The summed E-state index contributed by atoms with van der Waals surface area (Å²) in [6.45, 7) is 1.43. The standard InChI is InChI=1S/C5H4ClN.C2H3N/c6-5-2-1-3-7-4-5;1-2-3/h1-4H;1H3. The topological polar surface area (TPSA) is 36.7 Å². The van der Waals surface area contributed by atoms with Crippen LogP contribution in [0.5, 0.6) is 0 Å². The van der Waals surface area contributed by atoms with E-state index in [1.165, 1.54) is 6.92 Å². The fraction of sp³-hybridized carbons (Fsp3) is 0.143. The molecule has 0 saturated carbocycles. The van der Waals surface area contributed by atoms with Crippen molar-refractivity contribution in [3.05, 3.63) is 29.5 Å². The third-order valence-corrected chi connectivity index (χ3v) is 0.849. The summed E-state index contributed by atoms with van der Waals surface area (Å²) in [6.07, 6.45) is 3.29. The van der Waals surface area contributed by atoms with Crippen molar-refractivity contribution in [3.63, 3.8) is 0 Å². The van der Waals surface area contributed by atoms with Gasteiger partial charge in [-0.3, -0.25) is 4.98 Å². The van der Waals surface area contributed by atoms with Gasteiger partial charge >= 0.3 is 0 Å². The number of aromatic nitrogens is 1. The molecule has 1 rings (SSSR count). The first-order valence-electron chi connectivity index (χ1n) is 2.67. The summed E-state index contributed by atoms with van der Waals surface area (Å²) in [4.78, 5) is 3.75. The molecule has 0 bridgehead atoms. The Hall–Kier alpha value is -1.07. The van der Waals surface area contributed by atoms with E-state index in [0.717, 1.165) is 0 Å². The summed E-state index contributed by atoms with van der Waals surface area (Å²) in [5.74, 6) is 0. The van der Waals surface area contributed by atoms with Crippen LogP contribution in [0.4, 0.5) is 0 Å². The van der Waals surface area contributed by atoms with Gasteiger partial charge in [0.2, 0.25) is 0 Å². The summed E-state index contributed by atoms with van der Waals surface area (Å²) in [5.41, 5.74) is 0. The minimum absolute atomic E-state index is 0.683. The van der Waals surface area contributed by atoms with Gasteiger partial charge < -0.3 is 0 Å². The molecular formula is C7H7ClN2. The molecule has 3 heteroatoms. The first kappa shape index (κ1) is 8.93. The highest BCUT2D eigenvalue weighted by Crippen LogP contribution is 2.00. The van der Waals surface area contributed by atoms with Crippen molar-refractivity contribution in [1.29, 1.82) is 5.26 Å².